The third kappa shape index (κ3) is 3.74. The van der Waals surface area contributed by atoms with Gasteiger partial charge in [0.1, 0.15) is 4.92 Å². The molecule has 2 aromatic rings. The molecular weight excluding hydrogens is 278 g/mol. The molecule has 1 heterocycles. The van der Waals surface area contributed by atoms with Crippen molar-refractivity contribution in [1.29, 1.82) is 0 Å². The zero-order valence-corrected chi connectivity index (χ0v) is 10.7. The van der Waals surface area contributed by atoms with E-state index < -0.39 is 22.8 Å². The van der Waals surface area contributed by atoms with Crippen LogP contribution in [0.4, 0.5) is 5.88 Å². The van der Waals surface area contributed by atoms with Crippen LogP contribution < -0.4 is 5.43 Å². The molecule has 0 aliphatic carbocycles. The van der Waals surface area contributed by atoms with Gasteiger partial charge >= 0.3 is 5.88 Å². The molecule has 0 saturated heterocycles. The maximum atomic E-state index is 11.6. The molecule has 0 fully saturated rings. The molecule has 0 aliphatic heterocycles. The summed E-state index contributed by atoms with van der Waals surface area (Å²) in [5.74, 6) is -1.04. The number of furan rings is 1. The largest absolute Gasteiger partial charge is 0.433 e. The second-order valence-electron chi connectivity index (χ2n) is 3.98. The Hall–Kier alpha value is -3.00. The van der Waals surface area contributed by atoms with Crippen LogP contribution in [0.1, 0.15) is 17.4 Å². The molecule has 1 unspecified atom stereocenters. The predicted molar refractivity (Wildman–Crippen MR) is 72.5 cm³/mol. The lowest BCUT2D eigenvalue weighted by molar-refractivity contribution is -0.402. The van der Waals surface area contributed by atoms with Crippen LogP contribution in [-0.2, 0) is 4.79 Å². The number of nitrogens with one attached hydrogen (secondary N) is 1. The highest BCUT2D eigenvalue weighted by atomic mass is 16.6. The van der Waals surface area contributed by atoms with Gasteiger partial charge in [-0.25, -0.2) is 5.43 Å². The summed E-state index contributed by atoms with van der Waals surface area (Å²) in [4.78, 5) is 21.4. The Bertz CT molecular complexity index is 665. The van der Waals surface area contributed by atoms with E-state index in [-0.39, 0.29) is 5.76 Å². The van der Waals surface area contributed by atoms with Gasteiger partial charge in [-0.2, -0.15) is 5.10 Å². The summed E-state index contributed by atoms with van der Waals surface area (Å²) in [5.41, 5.74) is 2.55. The highest BCUT2D eigenvalue weighted by molar-refractivity contribution is 5.84. The van der Waals surface area contributed by atoms with Crippen LogP contribution >= 0.6 is 0 Å². The molecule has 1 amide bonds. The molecule has 8 nitrogen and oxygen atoms in total. The van der Waals surface area contributed by atoms with E-state index in [1.54, 1.807) is 30.3 Å². The summed E-state index contributed by atoms with van der Waals surface area (Å²) in [6.45, 7) is 0. The minimum Gasteiger partial charge on any atom is -0.400 e. The normalized spacial score (nSPS) is 12.2. The fourth-order valence-electron chi connectivity index (χ4n) is 1.52. The molecule has 1 aromatic heterocycles. The van der Waals surface area contributed by atoms with E-state index in [1.165, 1.54) is 12.1 Å². The smallest absolute Gasteiger partial charge is 0.400 e. The molecule has 21 heavy (non-hydrogen) atoms. The predicted octanol–water partition coefficient (Wildman–Crippen LogP) is 1.37. The number of aliphatic hydroxyl groups excluding tert-OH is 1. The number of rotatable bonds is 5. The van der Waals surface area contributed by atoms with Gasteiger partial charge < -0.3 is 9.52 Å². The van der Waals surface area contributed by atoms with Crippen molar-refractivity contribution in [2.75, 3.05) is 0 Å². The van der Waals surface area contributed by atoms with Crippen molar-refractivity contribution in [1.82, 2.24) is 5.43 Å². The Kier molecular flexibility index (Phi) is 4.42. The molecule has 2 rings (SSSR count). The number of hydrazone groups is 1. The number of nitro groups is 1. The monoisotopic (exact) mass is 289 g/mol. The van der Waals surface area contributed by atoms with Gasteiger partial charge in [0.15, 0.2) is 11.9 Å². The number of hydrogen-bond acceptors (Lipinski definition) is 6. The van der Waals surface area contributed by atoms with Crippen molar-refractivity contribution in [3.63, 3.8) is 0 Å². The summed E-state index contributed by atoms with van der Waals surface area (Å²) in [7, 11) is 0. The molecule has 2 N–H and O–H groups in total. The lowest BCUT2D eigenvalue weighted by Gasteiger charge is -2.08. The van der Waals surface area contributed by atoms with Gasteiger partial charge in [0, 0.05) is 0 Å². The van der Waals surface area contributed by atoms with Crippen LogP contribution in [0.3, 0.4) is 0 Å². The van der Waals surface area contributed by atoms with E-state index in [0.717, 1.165) is 6.21 Å². The van der Waals surface area contributed by atoms with E-state index in [0.29, 0.717) is 5.56 Å². The van der Waals surface area contributed by atoms with E-state index in [1.807, 2.05) is 0 Å². The number of aliphatic hydroxyl groups is 1. The van der Waals surface area contributed by atoms with Gasteiger partial charge in [0.2, 0.25) is 0 Å². The number of carbonyl (C=O) groups is 1. The SMILES string of the molecule is O=C(NN=Cc1ccc([N+](=O)[O-])o1)C(O)c1ccccc1. The standard InChI is InChI=1S/C13H11N3O5/c17-12(9-4-2-1-3-5-9)13(18)15-14-8-10-6-7-11(21-10)16(19)20/h1-8,12,17H,(H,15,18). The second kappa shape index (κ2) is 6.44. The molecule has 8 heteroatoms. The number of carbonyl (C=O) groups excluding carboxylic acids is 1. The van der Waals surface area contributed by atoms with Crippen LogP contribution in [0.2, 0.25) is 0 Å². The molecule has 1 atom stereocenters. The molecule has 1 aromatic carbocycles. The quantitative estimate of drug-likeness (QED) is 0.489. The van der Waals surface area contributed by atoms with Crippen molar-refractivity contribution in [3.05, 3.63) is 63.9 Å². The average Bonchev–Trinajstić information content (AvgIpc) is 2.96. The van der Waals surface area contributed by atoms with Gasteiger partial charge in [0.25, 0.3) is 5.91 Å². The molecule has 0 aliphatic rings. The van der Waals surface area contributed by atoms with Crippen LogP contribution in [0, 0.1) is 10.1 Å². The third-order valence-corrected chi connectivity index (χ3v) is 2.52. The lowest BCUT2D eigenvalue weighted by Crippen LogP contribution is -2.25. The van der Waals surface area contributed by atoms with Crippen molar-refractivity contribution in [3.8, 4) is 0 Å². The summed E-state index contributed by atoms with van der Waals surface area (Å²) >= 11 is 0. The fourth-order valence-corrected chi connectivity index (χ4v) is 1.52. The first-order chi connectivity index (χ1) is 10.1. The van der Waals surface area contributed by atoms with Crippen LogP contribution in [0.5, 0.6) is 0 Å². The molecule has 0 spiro atoms. The minimum absolute atomic E-state index is 0.108. The van der Waals surface area contributed by atoms with E-state index in [9.17, 15) is 20.0 Å². The molecule has 0 saturated carbocycles. The highest BCUT2D eigenvalue weighted by Crippen LogP contribution is 2.14. The summed E-state index contributed by atoms with van der Waals surface area (Å²) in [6.07, 6.45) is -0.253. The first-order valence-electron chi connectivity index (χ1n) is 5.88. The first-order valence-corrected chi connectivity index (χ1v) is 5.88. The van der Waals surface area contributed by atoms with Gasteiger partial charge in [-0.1, -0.05) is 30.3 Å². The first kappa shape index (κ1) is 14.4. The topological polar surface area (TPSA) is 118 Å². The summed E-state index contributed by atoms with van der Waals surface area (Å²) in [5, 5.41) is 23.7. The van der Waals surface area contributed by atoms with Gasteiger partial charge in [-0.05, 0) is 11.6 Å². The van der Waals surface area contributed by atoms with E-state index >= 15 is 0 Å². The van der Waals surface area contributed by atoms with Crippen molar-refractivity contribution >= 4 is 18.0 Å². The number of nitrogens with zero attached hydrogens (tertiary/aromatic N) is 2. The molecule has 0 bridgehead atoms. The van der Waals surface area contributed by atoms with E-state index in [4.69, 9.17) is 4.42 Å². The minimum atomic E-state index is -1.35. The molecule has 108 valence electrons. The average molecular weight is 289 g/mol. The van der Waals surface area contributed by atoms with Crippen LogP contribution in [0.25, 0.3) is 0 Å². The Balaban J connectivity index is 1.94. The Morgan fingerprint density at radius 2 is 2.05 bits per heavy atom. The lowest BCUT2D eigenvalue weighted by atomic mass is 10.1. The fraction of sp³-hybridized carbons (Fsp3) is 0.0769. The summed E-state index contributed by atoms with van der Waals surface area (Å²) < 4.78 is 4.81. The zero-order valence-electron chi connectivity index (χ0n) is 10.7. The van der Waals surface area contributed by atoms with Gasteiger partial charge in [-0.15, -0.1) is 0 Å². The van der Waals surface area contributed by atoms with Crippen molar-refractivity contribution < 1.29 is 19.2 Å². The highest BCUT2D eigenvalue weighted by Gasteiger charge is 2.16. The maximum Gasteiger partial charge on any atom is 0.433 e. The second-order valence-corrected chi connectivity index (χ2v) is 3.98. The van der Waals surface area contributed by atoms with Crippen molar-refractivity contribution in [2.24, 2.45) is 5.10 Å². The Morgan fingerprint density at radius 1 is 1.33 bits per heavy atom. The zero-order chi connectivity index (χ0) is 15.2. The third-order valence-electron chi connectivity index (χ3n) is 2.52. The van der Waals surface area contributed by atoms with Gasteiger partial charge in [0.05, 0.1) is 12.3 Å². The number of hydrogen-bond donors (Lipinski definition) is 2. The van der Waals surface area contributed by atoms with Gasteiger partial charge in [-0.3, -0.25) is 14.9 Å². The molecular formula is C13H11N3O5. The van der Waals surface area contributed by atoms with Crippen molar-refractivity contribution in [2.45, 2.75) is 6.10 Å². The number of amides is 1. The number of benzene rings is 1. The Morgan fingerprint density at radius 3 is 2.67 bits per heavy atom. The maximum absolute atomic E-state index is 11.6. The molecule has 0 radical (unpaired) electrons. The Labute approximate surface area is 118 Å². The van der Waals surface area contributed by atoms with E-state index in [2.05, 4.69) is 10.5 Å². The van der Waals surface area contributed by atoms with Crippen LogP contribution in [0.15, 0.2) is 52.0 Å². The van der Waals surface area contributed by atoms with Crippen LogP contribution in [-0.4, -0.2) is 22.2 Å². The summed E-state index contributed by atoms with van der Waals surface area (Å²) in [6, 6.07) is 10.8.